The minimum Gasteiger partial charge on any atom is -0.481 e. The predicted molar refractivity (Wildman–Crippen MR) is 86.8 cm³/mol. The third-order valence-electron chi connectivity index (χ3n) is 5.01. The number of piperidine rings is 1. The molecule has 0 unspecified atom stereocenters. The lowest BCUT2D eigenvalue weighted by atomic mass is 9.78. The summed E-state index contributed by atoms with van der Waals surface area (Å²) in [6.45, 7) is 5.18. The number of hydrogen-bond donors (Lipinski definition) is 1. The Kier molecular flexibility index (Phi) is 4.84. The van der Waals surface area contributed by atoms with E-state index in [9.17, 15) is 14.3 Å². The number of anilines is 2. The fourth-order valence-corrected chi connectivity index (χ4v) is 3.42. The molecule has 2 fully saturated rings. The molecule has 0 saturated carbocycles. The Morgan fingerprint density at radius 3 is 2.79 bits per heavy atom. The minimum absolute atomic E-state index is 0.270. The van der Waals surface area contributed by atoms with E-state index in [-0.39, 0.29) is 5.82 Å². The van der Waals surface area contributed by atoms with E-state index in [0.29, 0.717) is 58.2 Å². The maximum Gasteiger partial charge on any atom is 0.311 e. The van der Waals surface area contributed by atoms with E-state index >= 15 is 0 Å². The molecule has 1 aromatic rings. The van der Waals surface area contributed by atoms with Gasteiger partial charge in [0.25, 0.3) is 0 Å². The monoisotopic (exact) mass is 338 g/mol. The normalized spacial score (nSPS) is 24.9. The lowest BCUT2D eigenvalue weighted by Crippen LogP contribution is -2.48. The van der Waals surface area contributed by atoms with Crippen LogP contribution < -0.4 is 9.80 Å². The molecule has 3 rings (SSSR count). The van der Waals surface area contributed by atoms with Gasteiger partial charge in [-0.1, -0.05) is 6.92 Å². The fraction of sp³-hybridized carbons (Fsp3) is 0.688. The molecule has 2 aliphatic rings. The summed E-state index contributed by atoms with van der Waals surface area (Å²) in [5, 5.41) is 9.61. The van der Waals surface area contributed by atoms with Crippen molar-refractivity contribution < 1.29 is 19.0 Å². The number of morpholine rings is 1. The molecule has 0 radical (unpaired) electrons. The molecular weight excluding hydrogens is 315 g/mol. The Hall–Kier alpha value is -1.96. The first-order valence-corrected chi connectivity index (χ1v) is 8.39. The lowest BCUT2D eigenvalue weighted by Gasteiger charge is -2.39. The topological polar surface area (TPSA) is 78.8 Å². The van der Waals surface area contributed by atoms with Crippen molar-refractivity contribution in [1.82, 2.24) is 9.97 Å². The van der Waals surface area contributed by atoms with Gasteiger partial charge in [0.05, 0.1) is 24.8 Å². The molecule has 2 saturated heterocycles. The van der Waals surface area contributed by atoms with E-state index in [2.05, 4.69) is 9.97 Å². The Labute approximate surface area is 140 Å². The molecule has 0 spiro atoms. The number of aromatic nitrogens is 2. The number of halogens is 1. The second-order valence-corrected chi connectivity index (χ2v) is 6.41. The molecule has 24 heavy (non-hydrogen) atoms. The number of carbonyl (C=O) groups is 1. The van der Waals surface area contributed by atoms with Gasteiger partial charge in [0.1, 0.15) is 0 Å². The Morgan fingerprint density at radius 2 is 2.12 bits per heavy atom. The summed E-state index contributed by atoms with van der Waals surface area (Å²) in [5.41, 5.74) is -0.783. The van der Waals surface area contributed by atoms with Gasteiger partial charge >= 0.3 is 5.97 Å². The van der Waals surface area contributed by atoms with Crippen molar-refractivity contribution in [2.45, 2.75) is 26.2 Å². The molecule has 1 N–H and O–H groups in total. The number of ether oxygens (including phenoxy) is 1. The van der Waals surface area contributed by atoms with Crippen LogP contribution in [-0.4, -0.2) is 60.4 Å². The smallest absolute Gasteiger partial charge is 0.311 e. The summed E-state index contributed by atoms with van der Waals surface area (Å²) in [7, 11) is 0. The number of hydrogen-bond acceptors (Lipinski definition) is 6. The van der Waals surface area contributed by atoms with Crippen LogP contribution >= 0.6 is 0 Å². The highest BCUT2D eigenvalue weighted by molar-refractivity contribution is 5.75. The maximum atomic E-state index is 14.1. The first kappa shape index (κ1) is 16.9. The lowest BCUT2D eigenvalue weighted by molar-refractivity contribution is -0.149. The van der Waals surface area contributed by atoms with Gasteiger partial charge in [-0.2, -0.15) is 4.98 Å². The van der Waals surface area contributed by atoms with Crippen LogP contribution in [0.1, 0.15) is 26.2 Å². The van der Waals surface area contributed by atoms with Crippen molar-refractivity contribution in [2.24, 2.45) is 5.41 Å². The van der Waals surface area contributed by atoms with E-state index in [0.717, 1.165) is 6.42 Å². The zero-order chi connectivity index (χ0) is 17.2. The molecule has 0 amide bonds. The third kappa shape index (κ3) is 3.15. The third-order valence-corrected chi connectivity index (χ3v) is 5.01. The molecule has 2 aliphatic heterocycles. The average Bonchev–Trinajstić information content (AvgIpc) is 2.62. The molecule has 1 aromatic heterocycles. The summed E-state index contributed by atoms with van der Waals surface area (Å²) in [4.78, 5) is 23.9. The van der Waals surface area contributed by atoms with Crippen molar-refractivity contribution >= 4 is 17.7 Å². The Bertz CT molecular complexity index is 609. The highest BCUT2D eigenvalue weighted by Gasteiger charge is 2.41. The molecule has 8 heteroatoms. The summed E-state index contributed by atoms with van der Waals surface area (Å²) >= 11 is 0. The molecule has 1 atom stereocenters. The van der Waals surface area contributed by atoms with Crippen molar-refractivity contribution in [1.29, 1.82) is 0 Å². The second kappa shape index (κ2) is 6.88. The largest absolute Gasteiger partial charge is 0.481 e. The molecule has 0 aromatic carbocycles. The first-order chi connectivity index (χ1) is 11.6. The highest BCUT2D eigenvalue weighted by atomic mass is 19.1. The molecule has 132 valence electrons. The summed E-state index contributed by atoms with van der Waals surface area (Å²) in [6.07, 6.45) is 3.13. The minimum atomic E-state index is -0.787. The van der Waals surface area contributed by atoms with Crippen molar-refractivity contribution in [3.63, 3.8) is 0 Å². The molecule has 7 nitrogen and oxygen atoms in total. The van der Waals surface area contributed by atoms with E-state index in [1.54, 1.807) is 0 Å². The van der Waals surface area contributed by atoms with Gasteiger partial charge in [-0.05, 0) is 19.3 Å². The number of carboxylic acid groups (broad SMARTS) is 1. The predicted octanol–water partition coefficient (Wildman–Crippen LogP) is 1.53. The first-order valence-electron chi connectivity index (χ1n) is 8.39. The van der Waals surface area contributed by atoms with Crippen LogP contribution in [0, 0.1) is 11.2 Å². The van der Waals surface area contributed by atoms with Crippen LogP contribution in [0.25, 0.3) is 0 Å². The van der Waals surface area contributed by atoms with Gasteiger partial charge in [0.15, 0.2) is 11.6 Å². The zero-order valence-electron chi connectivity index (χ0n) is 13.9. The molecule has 0 aliphatic carbocycles. The van der Waals surface area contributed by atoms with Gasteiger partial charge in [-0.3, -0.25) is 4.79 Å². The quantitative estimate of drug-likeness (QED) is 0.892. The van der Waals surface area contributed by atoms with E-state index in [1.807, 2.05) is 16.7 Å². The summed E-state index contributed by atoms with van der Waals surface area (Å²) < 4.78 is 19.4. The van der Waals surface area contributed by atoms with Crippen molar-refractivity contribution in [3.8, 4) is 0 Å². The zero-order valence-corrected chi connectivity index (χ0v) is 13.9. The average molecular weight is 338 g/mol. The van der Waals surface area contributed by atoms with Crippen molar-refractivity contribution in [2.75, 3.05) is 49.2 Å². The molecule has 3 heterocycles. The van der Waals surface area contributed by atoms with Gasteiger partial charge in [-0.25, -0.2) is 9.37 Å². The van der Waals surface area contributed by atoms with Crippen LogP contribution in [0.3, 0.4) is 0 Å². The van der Waals surface area contributed by atoms with Crippen LogP contribution in [0.4, 0.5) is 16.2 Å². The molecule has 0 bridgehead atoms. The van der Waals surface area contributed by atoms with E-state index in [4.69, 9.17) is 4.74 Å². The van der Waals surface area contributed by atoms with E-state index < -0.39 is 17.2 Å². The highest BCUT2D eigenvalue weighted by Crippen LogP contribution is 2.35. The number of aliphatic carboxylic acids is 1. The Balaban J connectivity index is 1.85. The fourth-order valence-electron chi connectivity index (χ4n) is 3.42. The van der Waals surface area contributed by atoms with Crippen LogP contribution in [0.15, 0.2) is 6.20 Å². The SMILES string of the molecule is CC[C@@]1(C(=O)O)CCCN(c2ncc(F)c(N3CCOCC3)n2)C1. The maximum absolute atomic E-state index is 14.1. The van der Waals surface area contributed by atoms with Gasteiger partial charge in [0.2, 0.25) is 5.95 Å². The van der Waals surface area contributed by atoms with E-state index in [1.165, 1.54) is 6.20 Å². The van der Waals surface area contributed by atoms with Crippen molar-refractivity contribution in [3.05, 3.63) is 12.0 Å². The van der Waals surface area contributed by atoms with Gasteiger partial charge in [0, 0.05) is 26.2 Å². The standard InChI is InChI=1S/C16H23FN4O3/c1-2-16(14(22)23)4-3-5-21(11-16)15-18-10-12(17)13(19-15)20-6-8-24-9-7-20/h10H,2-9,11H2,1H3,(H,22,23)/t16-/m1/s1. The van der Waals surface area contributed by atoms with Gasteiger partial charge < -0.3 is 19.6 Å². The van der Waals surface area contributed by atoms with Crippen LogP contribution in [0.5, 0.6) is 0 Å². The number of carboxylic acids is 1. The van der Waals surface area contributed by atoms with Crippen LogP contribution in [-0.2, 0) is 9.53 Å². The second-order valence-electron chi connectivity index (χ2n) is 6.41. The molecular formula is C16H23FN4O3. The number of nitrogens with zero attached hydrogens (tertiary/aromatic N) is 4. The van der Waals surface area contributed by atoms with Gasteiger partial charge in [-0.15, -0.1) is 0 Å². The number of rotatable bonds is 4. The Morgan fingerprint density at radius 1 is 1.38 bits per heavy atom. The van der Waals surface area contributed by atoms with Crippen LogP contribution in [0.2, 0.25) is 0 Å². The summed E-state index contributed by atoms with van der Waals surface area (Å²) in [6, 6.07) is 0. The summed E-state index contributed by atoms with van der Waals surface area (Å²) in [5.74, 6) is -0.578.